The van der Waals surface area contributed by atoms with Gasteiger partial charge in [-0.15, -0.1) is 5.54 Å². The van der Waals surface area contributed by atoms with Crippen LogP contribution in [0.2, 0.25) is 16.6 Å². The number of aromatic nitrogens is 1. The average Bonchev–Trinajstić information content (AvgIpc) is 3.76. The molecule has 1 aromatic heterocycles. The molecule has 7 heteroatoms. The molecule has 0 unspecified atom stereocenters. The van der Waals surface area contributed by atoms with E-state index in [-0.39, 0.29) is 6.61 Å². The third-order valence-corrected chi connectivity index (χ3v) is 18.6. The fourth-order valence-electron chi connectivity index (χ4n) is 9.44. The first-order valence-corrected chi connectivity index (χ1v) is 22.1. The van der Waals surface area contributed by atoms with Crippen LogP contribution in [-0.4, -0.2) is 51.3 Å². The number of methoxy groups -OCH3 is 2. The van der Waals surface area contributed by atoms with Crippen LogP contribution in [-0.2, 0) is 20.8 Å². The molecule has 6 aromatic rings. The Kier molecular flexibility index (Phi) is 11.2. The summed E-state index contributed by atoms with van der Waals surface area (Å²) in [7, 11) is 1.41. The van der Waals surface area contributed by atoms with Crippen LogP contribution in [0.4, 0.5) is 0 Å². The molecule has 5 aromatic carbocycles. The summed E-state index contributed by atoms with van der Waals surface area (Å²) < 4.78 is 26.9. The molecule has 1 aliphatic heterocycles. The van der Waals surface area contributed by atoms with Crippen LogP contribution in [0.15, 0.2) is 121 Å². The SMILES string of the molecule is COc1ccc(C(OC[C@H]2OCC[C@@]2(O)n2c3ccccc3c3cc(C#C[Si](C(C)C)(C(C)C)C(C)C)ccc32)(c2ccccc2)c2ccc(OC)cc2)cc1. The zero-order valence-electron chi connectivity index (χ0n) is 34.0. The number of para-hydroxylation sites is 1. The number of hydrogen-bond acceptors (Lipinski definition) is 5. The lowest BCUT2D eigenvalue weighted by molar-refractivity contribution is -0.137. The van der Waals surface area contributed by atoms with E-state index in [0.29, 0.717) is 29.7 Å². The molecule has 1 fully saturated rings. The minimum atomic E-state index is -1.93. The first-order chi connectivity index (χ1) is 27.0. The van der Waals surface area contributed by atoms with Crippen LogP contribution in [0.25, 0.3) is 21.8 Å². The summed E-state index contributed by atoms with van der Waals surface area (Å²) in [6, 6.07) is 41.0. The molecule has 7 rings (SSSR count). The highest BCUT2D eigenvalue weighted by Crippen LogP contribution is 2.45. The maximum absolute atomic E-state index is 13.0. The predicted molar refractivity (Wildman–Crippen MR) is 230 cm³/mol. The molecule has 6 nitrogen and oxygen atoms in total. The fraction of sp³-hybridized carbons (Fsp3) is 0.347. The summed E-state index contributed by atoms with van der Waals surface area (Å²) in [5.41, 5.74) is 8.76. The monoisotopic (exact) mass is 765 g/mol. The molecular weight excluding hydrogens is 711 g/mol. The number of hydrogen-bond donors (Lipinski definition) is 1. The van der Waals surface area contributed by atoms with Gasteiger partial charge in [-0.25, -0.2) is 0 Å². The van der Waals surface area contributed by atoms with E-state index in [1.54, 1.807) is 14.2 Å². The van der Waals surface area contributed by atoms with E-state index >= 15 is 0 Å². The number of benzene rings is 5. The molecule has 2 atom stereocenters. The molecule has 1 aliphatic rings. The van der Waals surface area contributed by atoms with Crippen molar-refractivity contribution in [2.45, 2.75) is 82.0 Å². The van der Waals surface area contributed by atoms with Crippen molar-refractivity contribution in [1.82, 2.24) is 4.57 Å². The van der Waals surface area contributed by atoms with Crippen LogP contribution < -0.4 is 9.47 Å². The van der Waals surface area contributed by atoms with Gasteiger partial charge < -0.3 is 28.6 Å². The van der Waals surface area contributed by atoms with Gasteiger partial charge in [-0.1, -0.05) is 120 Å². The minimum absolute atomic E-state index is 0.104. The van der Waals surface area contributed by atoms with Gasteiger partial charge in [-0.3, -0.25) is 0 Å². The summed E-state index contributed by atoms with van der Waals surface area (Å²) in [4.78, 5) is 0. The Morgan fingerprint density at radius 1 is 0.714 bits per heavy atom. The van der Waals surface area contributed by atoms with E-state index in [4.69, 9.17) is 18.9 Å². The lowest BCUT2D eigenvalue weighted by Crippen LogP contribution is -2.46. The lowest BCUT2D eigenvalue weighted by Gasteiger charge is -2.39. The highest BCUT2D eigenvalue weighted by molar-refractivity contribution is 6.90. The molecule has 2 heterocycles. The molecular formula is C49H55NO5Si. The third-order valence-electron chi connectivity index (χ3n) is 12.3. The second kappa shape index (κ2) is 16.0. The molecule has 0 radical (unpaired) electrons. The van der Waals surface area contributed by atoms with E-state index in [1.165, 1.54) is 0 Å². The Balaban J connectivity index is 1.33. The first kappa shape index (κ1) is 39.4. The maximum Gasteiger partial charge on any atom is 0.173 e. The zero-order chi connectivity index (χ0) is 39.7. The Morgan fingerprint density at radius 3 is 1.82 bits per heavy atom. The predicted octanol–water partition coefficient (Wildman–Crippen LogP) is 10.8. The van der Waals surface area contributed by atoms with Crippen LogP contribution in [0.5, 0.6) is 11.5 Å². The normalized spacial score (nSPS) is 17.5. The van der Waals surface area contributed by atoms with Gasteiger partial charge in [-0.05, 0) is 81.8 Å². The highest BCUT2D eigenvalue weighted by atomic mass is 28.3. The second-order valence-corrected chi connectivity index (χ2v) is 21.6. The van der Waals surface area contributed by atoms with Crippen molar-refractivity contribution in [3.8, 4) is 23.0 Å². The zero-order valence-corrected chi connectivity index (χ0v) is 35.0. The number of nitrogens with zero attached hydrogens (tertiary/aromatic N) is 1. The van der Waals surface area contributed by atoms with E-state index in [0.717, 1.165) is 55.6 Å². The molecule has 0 bridgehead atoms. The molecule has 1 N–H and O–H groups in total. The second-order valence-electron chi connectivity index (χ2n) is 16.0. The maximum atomic E-state index is 13.0. The van der Waals surface area contributed by atoms with Gasteiger partial charge in [0, 0.05) is 22.8 Å². The van der Waals surface area contributed by atoms with Gasteiger partial charge in [0.05, 0.1) is 38.5 Å². The van der Waals surface area contributed by atoms with Crippen molar-refractivity contribution in [3.05, 3.63) is 144 Å². The van der Waals surface area contributed by atoms with E-state index in [2.05, 4.69) is 106 Å². The quantitative estimate of drug-likeness (QED) is 0.0764. The Bertz CT molecular complexity index is 2270. The smallest absolute Gasteiger partial charge is 0.173 e. The summed E-state index contributed by atoms with van der Waals surface area (Å²) in [6.07, 6.45) is -0.277. The molecule has 0 amide bonds. The lowest BCUT2D eigenvalue weighted by atomic mass is 9.80. The van der Waals surface area contributed by atoms with Gasteiger partial charge in [0.25, 0.3) is 0 Å². The molecule has 1 saturated heterocycles. The van der Waals surface area contributed by atoms with Crippen molar-refractivity contribution < 1.29 is 24.1 Å². The van der Waals surface area contributed by atoms with Crippen molar-refractivity contribution in [2.24, 2.45) is 0 Å². The van der Waals surface area contributed by atoms with Crippen molar-refractivity contribution in [3.63, 3.8) is 0 Å². The molecule has 0 saturated carbocycles. The third kappa shape index (κ3) is 6.73. The minimum Gasteiger partial charge on any atom is -0.497 e. The van der Waals surface area contributed by atoms with Gasteiger partial charge >= 0.3 is 0 Å². The number of ether oxygens (including phenoxy) is 4. The fourth-order valence-corrected chi connectivity index (χ4v) is 14.7. The van der Waals surface area contributed by atoms with Crippen LogP contribution in [0.3, 0.4) is 0 Å². The number of aliphatic hydroxyl groups is 1. The van der Waals surface area contributed by atoms with E-state index in [1.807, 2.05) is 72.8 Å². The van der Waals surface area contributed by atoms with Gasteiger partial charge in [-0.2, -0.15) is 0 Å². The summed E-state index contributed by atoms with van der Waals surface area (Å²) in [6.45, 7) is 14.6. The average molecular weight is 766 g/mol. The number of fused-ring (bicyclic) bond motifs is 3. The van der Waals surface area contributed by atoms with Crippen molar-refractivity contribution >= 4 is 29.9 Å². The number of rotatable bonds is 12. The Morgan fingerprint density at radius 2 is 1.25 bits per heavy atom. The molecule has 0 spiro atoms. The topological polar surface area (TPSA) is 62.1 Å². The molecule has 56 heavy (non-hydrogen) atoms. The van der Waals surface area contributed by atoms with E-state index < -0.39 is 25.5 Å². The highest BCUT2D eigenvalue weighted by Gasteiger charge is 2.48. The molecule has 0 aliphatic carbocycles. The van der Waals surface area contributed by atoms with E-state index in [9.17, 15) is 5.11 Å². The van der Waals surface area contributed by atoms with Gasteiger partial charge in [0.1, 0.15) is 31.3 Å². The molecule has 290 valence electrons. The van der Waals surface area contributed by atoms with Crippen molar-refractivity contribution in [1.29, 1.82) is 0 Å². The van der Waals surface area contributed by atoms with Crippen LogP contribution >= 0.6 is 0 Å². The Hall–Kier alpha value is -4.84. The van der Waals surface area contributed by atoms with Crippen LogP contribution in [0.1, 0.15) is 70.2 Å². The Labute approximate surface area is 333 Å². The van der Waals surface area contributed by atoms with Gasteiger partial charge in [0.15, 0.2) is 5.72 Å². The van der Waals surface area contributed by atoms with Crippen molar-refractivity contribution in [2.75, 3.05) is 27.4 Å². The van der Waals surface area contributed by atoms with Gasteiger partial charge in [0.2, 0.25) is 0 Å². The largest absolute Gasteiger partial charge is 0.497 e. The van der Waals surface area contributed by atoms with Crippen LogP contribution in [0, 0.1) is 11.5 Å². The first-order valence-electron chi connectivity index (χ1n) is 19.9. The summed E-state index contributed by atoms with van der Waals surface area (Å²) in [5.74, 6) is 5.16. The summed E-state index contributed by atoms with van der Waals surface area (Å²) in [5, 5.41) is 15.2. The summed E-state index contributed by atoms with van der Waals surface area (Å²) >= 11 is 0. The standard InChI is InChI=1S/C49H55NO5Si/c1-34(2)56(35(3)4,36(5)6)31-28-37-18-27-46-44(32-37)43-16-12-13-17-45(43)50(46)48(51)29-30-54-47(48)33-55-49(38-14-10-9-11-15-38,39-19-23-41(52-7)24-20-39)40-21-25-42(53-8)26-22-40/h9-27,32,34-36,47,51H,29-30,33H2,1-8H3/t47-,48+/m1/s1.